The lowest BCUT2D eigenvalue weighted by atomic mass is 9.82. The van der Waals surface area contributed by atoms with Crippen molar-refractivity contribution in [2.24, 2.45) is 5.92 Å². The highest BCUT2D eigenvalue weighted by Crippen LogP contribution is 2.34. The molecule has 1 aliphatic rings. The third kappa shape index (κ3) is 5.56. The number of aromatic nitrogens is 2. The number of hydrogen-bond donors (Lipinski definition) is 2. The van der Waals surface area contributed by atoms with Crippen LogP contribution in [-0.4, -0.2) is 27.6 Å². The van der Waals surface area contributed by atoms with Gasteiger partial charge in [0.05, 0.1) is 24.4 Å². The van der Waals surface area contributed by atoms with Crippen molar-refractivity contribution in [1.29, 1.82) is 0 Å². The highest BCUT2D eigenvalue weighted by Gasteiger charge is 2.21. The minimum absolute atomic E-state index is 0.123. The normalized spacial score (nSPS) is 18.0. The summed E-state index contributed by atoms with van der Waals surface area (Å²) in [6.07, 6.45) is 9.68. The Labute approximate surface area is 215 Å². The van der Waals surface area contributed by atoms with Crippen molar-refractivity contribution >= 4 is 17.2 Å². The van der Waals surface area contributed by atoms with Crippen molar-refractivity contribution in [3.8, 4) is 17.0 Å². The summed E-state index contributed by atoms with van der Waals surface area (Å²) >= 11 is 6.35. The molecule has 0 atom stereocenters. The highest BCUT2D eigenvalue weighted by atomic mass is 35.5. The average molecular weight is 508 g/mol. The van der Waals surface area contributed by atoms with E-state index in [2.05, 4.69) is 23.6 Å². The van der Waals surface area contributed by atoms with Crippen LogP contribution < -0.4 is 10.1 Å². The molecule has 2 aromatic carbocycles. The van der Waals surface area contributed by atoms with E-state index in [9.17, 15) is 9.50 Å². The van der Waals surface area contributed by atoms with Crippen molar-refractivity contribution in [2.45, 2.75) is 51.3 Å². The topological polar surface area (TPSA) is 58.8 Å². The first-order valence-electron chi connectivity index (χ1n) is 12.5. The monoisotopic (exact) mass is 507 g/mol. The molecule has 7 heteroatoms. The number of nitrogens with one attached hydrogen (secondary N) is 1. The zero-order valence-corrected chi connectivity index (χ0v) is 21.1. The van der Waals surface area contributed by atoms with Gasteiger partial charge in [-0.1, -0.05) is 23.7 Å². The summed E-state index contributed by atoms with van der Waals surface area (Å²) in [5, 5.41) is 13.9. The molecule has 2 heterocycles. The fourth-order valence-corrected chi connectivity index (χ4v) is 5.46. The predicted molar refractivity (Wildman–Crippen MR) is 141 cm³/mol. The maximum Gasteiger partial charge on any atom is 0.137 e. The number of benzene rings is 2. The van der Waals surface area contributed by atoms with Gasteiger partial charge < -0.3 is 19.6 Å². The van der Waals surface area contributed by atoms with E-state index in [4.69, 9.17) is 21.3 Å². The van der Waals surface area contributed by atoms with Gasteiger partial charge in [0, 0.05) is 30.5 Å². The standard InChI is InChI=1S/C29H31ClFN3O2/c1-36-28-14-22(18-35)25(15-26(28)30)27-17-34-10-9-20(13-29(34)33-27)11-19-5-7-24(8-6-19)32-16-21-3-2-4-23(31)12-21/h2-4,9-10,12-15,17,19,24,32,35H,5-8,11,16,18H2,1H3. The highest BCUT2D eigenvalue weighted by molar-refractivity contribution is 6.32. The molecule has 1 aliphatic carbocycles. The van der Waals surface area contributed by atoms with Crippen LogP contribution in [0.1, 0.15) is 42.4 Å². The van der Waals surface area contributed by atoms with Gasteiger partial charge >= 0.3 is 0 Å². The van der Waals surface area contributed by atoms with E-state index in [0.29, 0.717) is 29.3 Å². The zero-order valence-electron chi connectivity index (χ0n) is 20.4. The minimum atomic E-state index is -0.179. The average Bonchev–Trinajstić information content (AvgIpc) is 3.31. The van der Waals surface area contributed by atoms with Crippen molar-refractivity contribution < 1.29 is 14.2 Å². The zero-order chi connectivity index (χ0) is 25.1. The van der Waals surface area contributed by atoms with E-state index in [1.807, 2.05) is 16.7 Å². The fourth-order valence-electron chi connectivity index (χ4n) is 5.22. The SMILES string of the molecule is COc1cc(CO)c(-c2cn3ccc(CC4CCC(NCc5cccc(F)c5)CC4)cc3n2)cc1Cl. The third-order valence-electron chi connectivity index (χ3n) is 7.20. The summed E-state index contributed by atoms with van der Waals surface area (Å²) in [4.78, 5) is 4.83. The molecule has 2 N–H and O–H groups in total. The Kier molecular flexibility index (Phi) is 7.56. The minimum Gasteiger partial charge on any atom is -0.495 e. The van der Waals surface area contributed by atoms with Crippen LogP contribution >= 0.6 is 11.6 Å². The largest absolute Gasteiger partial charge is 0.495 e. The molecule has 5 nitrogen and oxygen atoms in total. The molecule has 0 bridgehead atoms. The van der Waals surface area contributed by atoms with Crippen LogP contribution in [-0.2, 0) is 19.6 Å². The number of aliphatic hydroxyl groups is 1. The van der Waals surface area contributed by atoms with Gasteiger partial charge in [-0.15, -0.1) is 0 Å². The molecular formula is C29H31ClFN3O2. The van der Waals surface area contributed by atoms with Crippen molar-refractivity contribution in [2.75, 3.05) is 7.11 Å². The molecule has 0 spiro atoms. The van der Waals surface area contributed by atoms with Crippen molar-refractivity contribution in [1.82, 2.24) is 14.7 Å². The second-order valence-corrected chi connectivity index (χ2v) is 10.1. The summed E-state index contributed by atoms with van der Waals surface area (Å²) in [5.41, 5.74) is 5.45. The number of pyridine rings is 1. The van der Waals surface area contributed by atoms with Gasteiger partial charge in [-0.2, -0.15) is 0 Å². The van der Waals surface area contributed by atoms with Crippen LogP contribution in [0, 0.1) is 11.7 Å². The molecule has 4 aromatic rings. The molecule has 5 rings (SSSR count). The number of aliphatic hydroxyl groups excluding tert-OH is 1. The maximum absolute atomic E-state index is 13.4. The van der Waals surface area contributed by atoms with E-state index in [1.54, 1.807) is 31.4 Å². The Morgan fingerprint density at radius 2 is 1.94 bits per heavy atom. The molecule has 0 unspecified atom stereocenters. The molecule has 2 aromatic heterocycles. The van der Waals surface area contributed by atoms with E-state index in [1.165, 1.54) is 24.5 Å². The summed E-state index contributed by atoms with van der Waals surface area (Å²) in [7, 11) is 1.56. The van der Waals surface area contributed by atoms with Crippen LogP contribution in [0.2, 0.25) is 5.02 Å². The lowest BCUT2D eigenvalue weighted by molar-refractivity contribution is 0.281. The maximum atomic E-state index is 13.4. The third-order valence-corrected chi connectivity index (χ3v) is 7.50. The molecule has 0 saturated heterocycles. The number of imidazole rings is 1. The summed E-state index contributed by atoms with van der Waals surface area (Å²) < 4.78 is 20.7. The van der Waals surface area contributed by atoms with Gasteiger partial charge in [0.25, 0.3) is 0 Å². The Morgan fingerprint density at radius 1 is 1.11 bits per heavy atom. The van der Waals surface area contributed by atoms with Gasteiger partial charge in [-0.25, -0.2) is 9.37 Å². The Bertz CT molecular complexity index is 1350. The second-order valence-electron chi connectivity index (χ2n) is 9.66. The summed E-state index contributed by atoms with van der Waals surface area (Å²) in [6.45, 7) is 0.588. The number of ether oxygens (including phenoxy) is 1. The smallest absolute Gasteiger partial charge is 0.137 e. The van der Waals surface area contributed by atoms with E-state index < -0.39 is 0 Å². The Balaban J connectivity index is 1.22. The first-order chi connectivity index (χ1) is 17.5. The van der Waals surface area contributed by atoms with E-state index in [0.717, 1.165) is 47.3 Å². The first kappa shape index (κ1) is 24.8. The number of fused-ring (bicyclic) bond motifs is 1. The van der Waals surface area contributed by atoms with E-state index in [-0.39, 0.29) is 12.4 Å². The molecule has 0 amide bonds. The number of rotatable bonds is 8. The van der Waals surface area contributed by atoms with Crippen molar-refractivity contribution in [3.05, 3.63) is 88.5 Å². The summed E-state index contributed by atoms with van der Waals surface area (Å²) in [5.74, 6) is 1.01. The number of methoxy groups -OCH3 is 1. The molecule has 0 aliphatic heterocycles. The van der Waals surface area contributed by atoms with Crippen molar-refractivity contribution in [3.63, 3.8) is 0 Å². The lowest BCUT2D eigenvalue weighted by Gasteiger charge is -2.29. The first-order valence-corrected chi connectivity index (χ1v) is 12.8. The molecule has 1 fully saturated rings. The predicted octanol–water partition coefficient (Wildman–Crippen LogP) is 6.19. The molecule has 36 heavy (non-hydrogen) atoms. The molecule has 0 radical (unpaired) electrons. The van der Waals surface area contributed by atoms with Gasteiger partial charge in [-0.3, -0.25) is 0 Å². The molecular weight excluding hydrogens is 477 g/mol. The van der Waals surface area contributed by atoms with Crippen LogP contribution in [0.3, 0.4) is 0 Å². The second kappa shape index (κ2) is 11.0. The molecule has 188 valence electrons. The summed E-state index contributed by atoms with van der Waals surface area (Å²) in [6, 6.07) is 15.2. The number of halogens is 2. The quantitative estimate of drug-likeness (QED) is 0.299. The van der Waals surface area contributed by atoms with Crippen LogP contribution in [0.25, 0.3) is 16.9 Å². The Hall–Kier alpha value is -2.93. The lowest BCUT2D eigenvalue weighted by Crippen LogP contribution is -2.33. The van der Waals surface area contributed by atoms with Gasteiger partial charge in [0.1, 0.15) is 17.2 Å². The van der Waals surface area contributed by atoms with Gasteiger partial charge in [0.15, 0.2) is 0 Å². The van der Waals surface area contributed by atoms with Crippen LogP contribution in [0.5, 0.6) is 5.75 Å². The van der Waals surface area contributed by atoms with Gasteiger partial charge in [0.2, 0.25) is 0 Å². The number of nitrogens with zero attached hydrogens (tertiary/aromatic N) is 2. The number of hydrogen-bond acceptors (Lipinski definition) is 4. The van der Waals surface area contributed by atoms with E-state index >= 15 is 0 Å². The molecule has 1 saturated carbocycles. The van der Waals surface area contributed by atoms with Crippen LogP contribution in [0.4, 0.5) is 4.39 Å². The van der Waals surface area contributed by atoms with Crippen LogP contribution in [0.15, 0.2) is 60.9 Å². The van der Waals surface area contributed by atoms with Gasteiger partial charge in [-0.05, 0) is 91.1 Å². The fraction of sp³-hybridized carbons (Fsp3) is 0.345. The Morgan fingerprint density at radius 3 is 2.69 bits per heavy atom.